The molecule has 1 fully saturated rings. The minimum Gasteiger partial charge on any atom is -0.391 e. The lowest BCUT2D eigenvalue weighted by molar-refractivity contribution is -0.164. The van der Waals surface area contributed by atoms with Gasteiger partial charge in [0.05, 0.1) is 6.10 Å². The Kier molecular flexibility index (Phi) is 3.59. The van der Waals surface area contributed by atoms with Gasteiger partial charge in [-0.2, -0.15) is 13.2 Å². The Labute approximate surface area is 85.9 Å². The summed E-state index contributed by atoms with van der Waals surface area (Å²) >= 11 is 0. The van der Waals surface area contributed by atoms with Gasteiger partial charge in [0.1, 0.15) is 6.42 Å². The summed E-state index contributed by atoms with van der Waals surface area (Å²) in [6, 6.07) is 0. The summed E-state index contributed by atoms with van der Waals surface area (Å²) in [7, 11) is 0. The Bertz CT molecular complexity index is 242. The first-order valence-corrected chi connectivity index (χ1v) is 4.82. The van der Waals surface area contributed by atoms with E-state index in [-0.39, 0.29) is 12.5 Å². The van der Waals surface area contributed by atoms with Crippen molar-refractivity contribution in [3.05, 3.63) is 0 Å². The summed E-state index contributed by atoms with van der Waals surface area (Å²) in [6.07, 6.45) is -6.07. The first kappa shape index (κ1) is 12.3. The van der Waals surface area contributed by atoms with Gasteiger partial charge in [0.25, 0.3) is 0 Å². The molecule has 3 nitrogen and oxygen atoms in total. The molecule has 1 rings (SSSR count). The minimum absolute atomic E-state index is 0.0100. The number of carbonyl (C=O) groups excluding carboxylic acids is 1. The van der Waals surface area contributed by atoms with Crippen LogP contribution in [0.3, 0.4) is 0 Å². The second kappa shape index (κ2) is 4.38. The van der Waals surface area contributed by atoms with E-state index >= 15 is 0 Å². The van der Waals surface area contributed by atoms with Crippen molar-refractivity contribution in [2.24, 2.45) is 5.92 Å². The topological polar surface area (TPSA) is 40.5 Å². The molecule has 0 bridgehead atoms. The number of carbonyl (C=O) groups is 1. The van der Waals surface area contributed by atoms with Crippen molar-refractivity contribution in [2.75, 3.05) is 13.1 Å². The lowest BCUT2D eigenvalue weighted by Crippen LogP contribution is -2.46. The van der Waals surface area contributed by atoms with E-state index in [1.807, 2.05) is 6.92 Å². The summed E-state index contributed by atoms with van der Waals surface area (Å²) in [6.45, 7) is 2.12. The molecule has 1 aliphatic heterocycles. The van der Waals surface area contributed by atoms with Gasteiger partial charge < -0.3 is 10.0 Å². The van der Waals surface area contributed by atoms with Crippen LogP contribution in [-0.4, -0.2) is 41.3 Å². The predicted octanol–water partition coefficient (Wildman–Crippen LogP) is 1.17. The number of rotatable bonds is 1. The maximum Gasteiger partial charge on any atom is 0.397 e. The third-order valence-electron chi connectivity index (χ3n) is 2.62. The van der Waals surface area contributed by atoms with Gasteiger partial charge in [0.15, 0.2) is 0 Å². The molecule has 1 aliphatic rings. The molecule has 0 aromatic carbocycles. The number of likely N-dealkylation sites (tertiary alicyclic amines) is 1. The number of piperidine rings is 1. The molecule has 0 aromatic heterocycles. The number of hydrogen-bond acceptors (Lipinski definition) is 2. The molecule has 2 unspecified atom stereocenters. The van der Waals surface area contributed by atoms with Crippen molar-refractivity contribution in [1.82, 2.24) is 4.90 Å². The zero-order valence-corrected chi connectivity index (χ0v) is 8.42. The Morgan fingerprint density at radius 1 is 1.53 bits per heavy atom. The number of aliphatic hydroxyl groups is 1. The van der Waals surface area contributed by atoms with Crippen LogP contribution < -0.4 is 0 Å². The van der Waals surface area contributed by atoms with Crippen LogP contribution in [0.5, 0.6) is 0 Å². The molecule has 0 saturated carbocycles. The van der Waals surface area contributed by atoms with Crippen LogP contribution in [0.25, 0.3) is 0 Å². The number of hydrogen-bond donors (Lipinski definition) is 1. The molecule has 0 aromatic rings. The van der Waals surface area contributed by atoms with Gasteiger partial charge in [-0.3, -0.25) is 4.79 Å². The second-order valence-electron chi connectivity index (χ2n) is 3.97. The maximum atomic E-state index is 11.9. The van der Waals surface area contributed by atoms with E-state index in [1.165, 1.54) is 0 Å². The minimum atomic E-state index is -4.47. The first-order valence-electron chi connectivity index (χ1n) is 4.82. The van der Waals surface area contributed by atoms with Crippen LogP contribution in [-0.2, 0) is 4.79 Å². The Balaban J connectivity index is 2.48. The molecule has 1 heterocycles. The van der Waals surface area contributed by atoms with Crippen molar-refractivity contribution in [3.8, 4) is 0 Å². The average Bonchev–Trinajstić information content (AvgIpc) is 2.06. The van der Waals surface area contributed by atoms with Crippen molar-refractivity contribution < 1.29 is 23.1 Å². The molecule has 15 heavy (non-hydrogen) atoms. The van der Waals surface area contributed by atoms with E-state index in [0.717, 1.165) is 4.90 Å². The zero-order chi connectivity index (χ0) is 11.6. The average molecular weight is 225 g/mol. The molecule has 1 N–H and O–H groups in total. The Hall–Kier alpha value is -0.780. The standard InChI is InChI=1S/C9H14F3NO2/c1-6-2-3-13(5-7(6)14)8(15)4-9(10,11)12/h6-7,14H,2-5H2,1H3. The summed E-state index contributed by atoms with van der Waals surface area (Å²) < 4.78 is 35.8. The van der Waals surface area contributed by atoms with Crippen molar-refractivity contribution in [1.29, 1.82) is 0 Å². The number of amides is 1. The van der Waals surface area contributed by atoms with Gasteiger partial charge in [-0.15, -0.1) is 0 Å². The van der Waals surface area contributed by atoms with Gasteiger partial charge in [0.2, 0.25) is 5.91 Å². The van der Waals surface area contributed by atoms with Crippen LogP contribution in [0, 0.1) is 5.92 Å². The summed E-state index contributed by atoms with van der Waals surface area (Å²) in [4.78, 5) is 12.2. The summed E-state index contributed by atoms with van der Waals surface area (Å²) in [5, 5.41) is 9.42. The highest BCUT2D eigenvalue weighted by atomic mass is 19.4. The molecule has 1 saturated heterocycles. The third-order valence-corrected chi connectivity index (χ3v) is 2.62. The van der Waals surface area contributed by atoms with E-state index in [2.05, 4.69) is 0 Å². The number of aliphatic hydroxyl groups excluding tert-OH is 1. The highest BCUT2D eigenvalue weighted by molar-refractivity contribution is 5.77. The Morgan fingerprint density at radius 3 is 2.60 bits per heavy atom. The lowest BCUT2D eigenvalue weighted by Gasteiger charge is -2.34. The van der Waals surface area contributed by atoms with Crippen LogP contribution in [0.1, 0.15) is 19.8 Å². The van der Waals surface area contributed by atoms with Gasteiger partial charge in [0, 0.05) is 13.1 Å². The largest absolute Gasteiger partial charge is 0.397 e. The predicted molar refractivity (Wildman–Crippen MR) is 47.0 cm³/mol. The fourth-order valence-corrected chi connectivity index (χ4v) is 1.56. The fourth-order valence-electron chi connectivity index (χ4n) is 1.56. The van der Waals surface area contributed by atoms with E-state index in [4.69, 9.17) is 0 Å². The quantitative estimate of drug-likeness (QED) is 0.727. The smallest absolute Gasteiger partial charge is 0.391 e. The van der Waals surface area contributed by atoms with Crippen LogP contribution in [0.15, 0.2) is 0 Å². The molecule has 2 atom stereocenters. The summed E-state index contributed by atoms with van der Waals surface area (Å²) in [5.41, 5.74) is 0. The van der Waals surface area contributed by atoms with Crippen LogP contribution in [0.4, 0.5) is 13.2 Å². The molecule has 0 aliphatic carbocycles. The number of β-amino-alcohol motifs (C(OH)–C–C–N with tert-alkyl or cyclic N) is 1. The van der Waals surface area contributed by atoms with Gasteiger partial charge in [-0.1, -0.05) is 6.92 Å². The molecular weight excluding hydrogens is 211 g/mol. The van der Waals surface area contributed by atoms with Gasteiger partial charge in [-0.25, -0.2) is 0 Å². The molecule has 1 amide bonds. The van der Waals surface area contributed by atoms with Crippen molar-refractivity contribution in [3.63, 3.8) is 0 Å². The number of nitrogens with zero attached hydrogens (tertiary/aromatic N) is 1. The number of alkyl halides is 3. The SMILES string of the molecule is CC1CCN(C(=O)CC(F)(F)F)CC1O. The van der Waals surface area contributed by atoms with Crippen molar-refractivity contribution in [2.45, 2.75) is 32.0 Å². The lowest BCUT2D eigenvalue weighted by atomic mass is 9.96. The van der Waals surface area contributed by atoms with Gasteiger partial charge >= 0.3 is 6.18 Å². The highest BCUT2D eigenvalue weighted by Gasteiger charge is 2.35. The Morgan fingerprint density at radius 2 is 2.13 bits per heavy atom. The van der Waals surface area contributed by atoms with Crippen molar-refractivity contribution >= 4 is 5.91 Å². The van der Waals surface area contributed by atoms with E-state index in [9.17, 15) is 23.1 Å². The normalized spacial score (nSPS) is 27.9. The summed E-state index contributed by atoms with van der Waals surface area (Å²) in [5.74, 6) is -0.909. The van der Waals surface area contributed by atoms with Crippen LogP contribution >= 0.6 is 0 Å². The van der Waals surface area contributed by atoms with E-state index in [1.54, 1.807) is 0 Å². The molecular formula is C9H14F3NO2. The van der Waals surface area contributed by atoms with E-state index in [0.29, 0.717) is 13.0 Å². The zero-order valence-electron chi connectivity index (χ0n) is 8.42. The highest BCUT2D eigenvalue weighted by Crippen LogP contribution is 2.23. The van der Waals surface area contributed by atoms with Crippen LogP contribution in [0.2, 0.25) is 0 Å². The molecule has 88 valence electrons. The first-order chi connectivity index (χ1) is 6.79. The molecule has 0 spiro atoms. The second-order valence-corrected chi connectivity index (χ2v) is 3.97. The molecule has 6 heteroatoms. The number of halogens is 3. The third kappa shape index (κ3) is 3.70. The monoisotopic (exact) mass is 225 g/mol. The van der Waals surface area contributed by atoms with E-state index < -0.39 is 24.6 Å². The maximum absolute atomic E-state index is 11.9. The van der Waals surface area contributed by atoms with Gasteiger partial charge in [-0.05, 0) is 12.3 Å². The fraction of sp³-hybridized carbons (Fsp3) is 0.889. The molecule has 0 radical (unpaired) electrons.